The molecular weight excluding hydrogens is 302 g/mol. The summed E-state index contributed by atoms with van der Waals surface area (Å²) in [5.41, 5.74) is 2.60. The van der Waals surface area contributed by atoms with Crippen molar-refractivity contribution in [2.24, 2.45) is 0 Å². The number of thiophene rings is 2. The van der Waals surface area contributed by atoms with Gasteiger partial charge in [0, 0.05) is 0 Å². The van der Waals surface area contributed by atoms with E-state index in [4.69, 9.17) is 0 Å². The molecule has 1 amide bonds. The van der Waals surface area contributed by atoms with Gasteiger partial charge in [-0.3, -0.25) is 9.89 Å². The van der Waals surface area contributed by atoms with Crippen LogP contribution in [0.25, 0.3) is 10.6 Å². The molecule has 108 valence electrons. The zero-order chi connectivity index (χ0) is 14.7. The lowest BCUT2D eigenvalue weighted by atomic mass is 10.2. The summed E-state index contributed by atoms with van der Waals surface area (Å²) in [7, 11) is 0. The molecule has 0 aliphatic rings. The molecule has 21 heavy (non-hydrogen) atoms. The van der Waals surface area contributed by atoms with Crippen LogP contribution in [0.5, 0.6) is 0 Å². The third-order valence-electron chi connectivity index (χ3n) is 3.08. The quantitative estimate of drug-likeness (QED) is 0.732. The second-order valence-electron chi connectivity index (χ2n) is 4.58. The van der Waals surface area contributed by atoms with E-state index in [0.29, 0.717) is 4.88 Å². The molecule has 0 saturated heterocycles. The van der Waals surface area contributed by atoms with Gasteiger partial charge in [0.2, 0.25) is 0 Å². The summed E-state index contributed by atoms with van der Waals surface area (Å²) < 4.78 is 0. The molecule has 0 aliphatic carbocycles. The highest BCUT2D eigenvalue weighted by Gasteiger charge is 2.18. The van der Waals surface area contributed by atoms with E-state index < -0.39 is 0 Å². The number of amides is 1. The van der Waals surface area contributed by atoms with Gasteiger partial charge in [-0.15, -0.1) is 22.7 Å². The lowest BCUT2D eigenvalue weighted by molar-refractivity contribution is 0.103. The van der Waals surface area contributed by atoms with Gasteiger partial charge in [-0.05, 0) is 29.3 Å². The van der Waals surface area contributed by atoms with Gasteiger partial charge in [0.25, 0.3) is 5.91 Å². The average Bonchev–Trinajstić information content (AvgIpc) is 3.21. The van der Waals surface area contributed by atoms with E-state index in [1.165, 1.54) is 11.3 Å². The lowest BCUT2D eigenvalue weighted by Crippen LogP contribution is -2.11. The predicted octanol–water partition coefficient (Wildman–Crippen LogP) is 4.40. The highest BCUT2D eigenvalue weighted by atomic mass is 32.1. The number of hydrogen-bond acceptors (Lipinski definition) is 4. The van der Waals surface area contributed by atoms with Gasteiger partial charge < -0.3 is 5.32 Å². The van der Waals surface area contributed by atoms with Crippen LogP contribution in [0, 0.1) is 0 Å². The van der Waals surface area contributed by atoms with Crippen LogP contribution in [0.1, 0.15) is 28.7 Å². The van der Waals surface area contributed by atoms with E-state index in [0.717, 1.165) is 34.8 Å². The largest absolute Gasteiger partial charge is 0.318 e. The van der Waals surface area contributed by atoms with Gasteiger partial charge in [0.05, 0.1) is 21.1 Å². The van der Waals surface area contributed by atoms with Crippen LogP contribution in [0.15, 0.2) is 35.0 Å². The molecule has 3 rings (SSSR count). The smallest absolute Gasteiger partial charge is 0.265 e. The number of aromatic nitrogens is 2. The zero-order valence-corrected chi connectivity index (χ0v) is 13.2. The van der Waals surface area contributed by atoms with E-state index in [2.05, 4.69) is 22.4 Å². The van der Waals surface area contributed by atoms with Gasteiger partial charge >= 0.3 is 0 Å². The maximum atomic E-state index is 12.3. The van der Waals surface area contributed by atoms with Crippen molar-refractivity contribution in [2.45, 2.75) is 19.8 Å². The Bertz CT molecular complexity index is 714. The molecule has 0 fully saturated rings. The van der Waals surface area contributed by atoms with E-state index in [1.807, 2.05) is 35.0 Å². The van der Waals surface area contributed by atoms with Crippen molar-refractivity contribution in [1.29, 1.82) is 0 Å². The first kappa shape index (κ1) is 14.0. The number of nitrogens with one attached hydrogen (secondary N) is 2. The number of carbonyl (C=O) groups is 1. The standard InChI is InChI=1S/C15H15N3OS2/c1-2-5-10-13(16-15(19)12-7-4-9-21-12)14(18-17-10)11-6-3-8-20-11/h3-4,6-9H,2,5H2,1H3,(H,16,19)(H,17,18). The Labute approximate surface area is 130 Å². The number of rotatable bonds is 5. The molecule has 3 heterocycles. The highest BCUT2D eigenvalue weighted by molar-refractivity contribution is 7.13. The molecule has 4 nitrogen and oxygen atoms in total. The number of aryl methyl sites for hydroxylation is 1. The Morgan fingerprint density at radius 3 is 2.76 bits per heavy atom. The molecule has 0 saturated carbocycles. The molecule has 0 aliphatic heterocycles. The molecule has 6 heteroatoms. The number of hydrogen-bond donors (Lipinski definition) is 2. The third kappa shape index (κ3) is 2.91. The first-order valence-electron chi connectivity index (χ1n) is 6.75. The van der Waals surface area contributed by atoms with Crippen molar-refractivity contribution in [1.82, 2.24) is 10.2 Å². The average molecular weight is 317 g/mol. The van der Waals surface area contributed by atoms with Crippen molar-refractivity contribution in [3.05, 3.63) is 45.6 Å². The van der Waals surface area contributed by atoms with Crippen molar-refractivity contribution in [2.75, 3.05) is 5.32 Å². The predicted molar refractivity (Wildman–Crippen MR) is 88.2 cm³/mol. The van der Waals surface area contributed by atoms with E-state index in [1.54, 1.807) is 11.3 Å². The van der Waals surface area contributed by atoms with Crippen LogP contribution in [0.2, 0.25) is 0 Å². The molecule has 0 spiro atoms. The molecular formula is C15H15N3OS2. The van der Waals surface area contributed by atoms with E-state index >= 15 is 0 Å². The number of H-pyrrole nitrogens is 1. The molecule has 3 aromatic heterocycles. The van der Waals surface area contributed by atoms with E-state index in [9.17, 15) is 4.79 Å². The number of aromatic amines is 1. The fourth-order valence-electron chi connectivity index (χ4n) is 2.12. The minimum atomic E-state index is -0.0819. The van der Waals surface area contributed by atoms with Crippen LogP contribution in [-0.4, -0.2) is 16.1 Å². The molecule has 0 unspecified atom stereocenters. The van der Waals surface area contributed by atoms with Crippen molar-refractivity contribution < 1.29 is 4.79 Å². The summed E-state index contributed by atoms with van der Waals surface area (Å²) in [4.78, 5) is 14.1. The van der Waals surface area contributed by atoms with Crippen molar-refractivity contribution in [3.63, 3.8) is 0 Å². The minimum absolute atomic E-state index is 0.0819. The Morgan fingerprint density at radius 1 is 1.29 bits per heavy atom. The fourth-order valence-corrected chi connectivity index (χ4v) is 3.46. The maximum absolute atomic E-state index is 12.3. The van der Waals surface area contributed by atoms with Crippen molar-refractivity contribution in [3.8, 4) is 10.6 Å². The summed E-state index contributed by atoms with van der Waals surface area (Å²) in [6.07, 6.45) is 1.85. The number of anilines is 1. The van der Waals surface area contributed by atoms with Crippen LogP contribution in [-0.2, 0) is 6.42 Å². The topological polar surface area (TPSA) is 57.8 Å². The zero-order valence-electron chi connectivity index (χ0n) is 11.6. The number of nitrogens with zero attached hydrogens (tertiary/aromatic N) is 1. The second kappa shape index (κ2) is 6.24. The van der Waals surface area contributed by atoms with E-state index in [-0.39, 0.29) is 5.91 Å². The second-order valence-corrected chi connectivity index (χ2v) is 6.48. The summed E-state index contributed by atoms with van der Waals surface area (Å²) >= 11 is 3.05. The van der Waals surface area contributed by atoms with Gasteiger partial charge in [-0.25, -0.2) is 0 Å². The highest BCUT2D eigenvalue weighted by Crippen LogP contribution is 2.33. The monoisotopic (exact) mass is 317 g/mol. The Morgan fingerprint density at radius 2 is 2.10 bits per heavy atom. The third-order valence-corrected chi connectivity index (χ3v) is 4.82. The van der Waals surface area contributed by atoms with Crippen LogP contribution >= 0.6 is 22.7 Å². The molecule has 3 aromatic rings. The first-order valence-corrected chi connectivity index (χ1v) is 8.51. The molecule has 0 aromatic carbocycles. The fraction of sp³-hybridized carbons (Fsp3) is 0.200. The minimum Gasteiger partial charge on any atom is -0.318 e. The lowest BCUT2D eigenvalue weighted by Gasteiger charge is -2.06. The van der Waals surface area contributed by atoms with Gasteiger partial charge in [-0.2, -0.15) is 5.10 Å². The summed E-state index contributed by atoms with van der Waals surface area (Å²) in [6.45, 7) is 2.11. The molecule has 0 radical (unpaired) electrons. The SMILES string of the molecule is CCCc1[nH]nc(-c2cccs2)c1NC(=O)c1cccs1. The van der Waals surface area contributed by atoms with Crippen LogP contribution in [0.3, 0.4) is 0 Å². The normalized spacial score (nSPS) is 10.7. The number of carbonyl (C=O) groups excluding carboxylic acids is 1. The van der Waals surface area contributed by atoms with Crippen molar-refractivity contribution >= 4 is 34.3 Å². The Balaban J connectivity index is 1.95. The summed E-state index contributed by atoms with van der Waals surface area (Å²) in [6, 6.07) is 7.70. The first-order chi connectivity index (χ1) is 10.3. The van der Waals surface area contributed by atoms with Gasteiger partial charge in [0.15, 0.2) is 0 Å². The van der Waals surface area contributed by atoms with Gasteiger partial charge in [0.1, 0.15) is 5.69 Å². The Kier molecular flexibility index (Phi) is 4.17. The summed E-state index contributed by atoms with van der Waals surface area (Å²) in [5, 5.41) is 14.4. The maximum Gasteiger partial charge on any atom is 0.265 e. The van der Waals surface area contributed by atoms with Crippen LogP contribution in [0.4, 0.5) is 5.69 Å². The van der Waals surface area contributed by atoms with Crippen LogP contribution < -0.4 is 5.32 Å². The molecule has 0 atom stereocenters. The summed E-state index contributed by atoms with van der Waals surface area (Å²) in [5.74, 6) is -0.0819. The molecule has 2 N–H and O–H groups in total. The molecule has 0 bridgehead atoms. The van der Waals surface area contributed by atoms with Gasteiger partial charge in [-0.1, -0.05) is 25.5 Å². The Hall–Kier alpha value is -1.92.